The SMILES string of the molecule is COc1ccc(C(=O)NN=Cc2c(Cl)cccc2Cl)cc1OC. The van der Waals surface area contributed by atoms with Crippen molar-refractivity contribution in [3.63, 3.8) is 0 Å². The molecule has 0 aliphatic rings. The normalized spacial score (nSPS) is 10.6. The van der Waals surface area contributed by atoms with E-state index in [1.54, 1.807) is 36.4 Å². The zero-order valence-electron chi connectivity index (χ0n) is 12.5. The molecule has 0 unspecified atom stereocenters. The van der Waals surface area contributed by atoms with Gasteiger partial charge in [0, 0.05) is 11.1 Å². The highest BCUT2D eigenvalue weighted by molar-refractivity contribution is 6.38. The van der Waals surface area contributed by atoms with E-state index < -0.39 is 5.91 Å². The van der Waals surface area contributed by atoms with E-state index in [0.29, 0.717) is 32.7 Å². The van der Waals surface area contributed by atoms with Gasteiger partial charge in [-0.25, -0.2) is 5.43 Å². The fourth-order valence-corrected chi connectivity index (χ4v) is 2.33. The second kappa shape index (κ2) is 7.85. The van der Waals surface area contributed by atoms with Crippen molar-refractivity contribution in [1.29, 1.82) is 0 Å². The predicted molar refractivity (Wildman–Crippen MR) is 91.1 cm³/mol. The number of hydrogen-bond donors (Lipinski definition) is 1. The van der Waals surface area contributed by atoms with Gasteiger partial charge in [0.05, 0.1) is 30.5 Å². The first-order valence-corrected chi connectivity index (χ1v) is 7.32. The molecule has 1 N–H and O–H groups in total. The summed E-state index contributed by atoms with van der Waals surface area (Å²) in [5.74, 6) is 0.596. The van der Waals surface area contributed by atoms with Crippen LogP contribution in [-0.4, -0.2) is 26.3 Å². The Hall–Kier alpha value is -2.24. The summed E-state index contributed by atoms with van der Waals surface area (Å²) in [7, 11) is 3.02. The fourth-order valence-electron chi connectivity index (χ4n) is 1.83. The van der Waals surface area contributed by atoms with Crippen molar-refractivity contribution >= 4 is 35.3 Å². The molecular weight excluding hydrogens is 339 g/mol. The molecule has 0 aliphatic carbocycles. The number of methoxy groups -OCH3 is 2. The summed E-state index contributed by atoms with van der Waals surface area (Å²) in [4.78, 5) is 12.1. The van der Waals surface area contributed by atoms with Crippen LogP contribution < -0.4 is 14.9 Å². The number of hydrazone groups is 1. The lowest BCUT2D eigenvalue weighted by Crippen LogP contribution is -2.17. The summed E-state index contributed by atoms with van der Waals surface area (Å²) in [6.45, 7) is 0. The Balaban J connectivity index is 2.12. The monoisotopic (exact) mass is 352 g/mol. The number of rotatable bonds is 5. The molecule has 2 aromatic rings. The zero-order chi connectivity index (χ0) is 16.8. The van der Waals surface area contributed by atoms with Crippen molar-refractivity contribution < 1.29 is 14.3 Å². The first-order chi connectivity index (χ1) is 11.1. The minimum atomic E-state index is -0.398. The van der Waals surface area contributed by atoms with Gasteiger partial charge in [-0.05, 0) is 30.3 Å². The van der Waals surface area contributed by atoms with E-state index in [-0.39, 0.29) is 0 Å². The molecule has 5 nitrogen and oxygen atoms in total. The molecule has 0 bridgehead atoms. The molecule has 0 radical (unpaired) electrons. The molecule has 2 rings (SSSR count). The fraction of sp³-hybridized carbons (Fsp3) is 0.125. The van der Waals surface area contributed by atoms with Gasteiger partial charge in [0.1, 0.15) is 0 Å². The molecule has 0 aliphatic heterocycles. The highest BCUT2D eigenvalue weighted by Crippen LogP contribution is 2.27. The van der Waals surface area contributed by atoms with Gasteiger partial charge in [0.2, 0.25) is 0 Å². The topological polar surface area (TPSA) is 59.9 Å². The number of hydrogen-bond acceptors (Lipinski definition) is 4. The van der Waals surface area contributed by atoms with Crippen LogP contribution in [0.15, 0.2) is 41.5 Å². The van der Waals surface area contributed by atoms with E-state index in [9.17, 15) is 4.79 Å². The summed E-state index contributed by atoms with van der Waals surface area (Å²) < 4.78 is 10.3. The summed E-state index contributed by atoms with van der Waals surface area (Å²) >= 11 is 12.0. The Kier molecular flexibility index (Phi) is 5.84. The zero-order valence-corrected chi connectivity index (χ0v) is 14.0. The van der Waals surface area contributed by atoms with Gasteiger partial charge in [-0.3, -0.25) is 4.79 Å². The van der Waals surface area contributed by atoms with Crippen molar-refractivity contribution in [3.8, 4) is 11.5 Å². The summed E-state index contributed by atoms with van der Waals surface area (Å²) in [6.07, 6.45) is 1.39. The van der Waals surface area contributed by atoms with Crippen molar-refractivity contribution in [1.82, 2.24) is 5.43 Å². The molecule has 7 heteroatoms. The lowest BCUT2D eigenvalue weighted by Gasteiger charge is -2.08. The summed E-state index contributed by atoms with van der Waals surface area (Å²) in [5.41, 5.74) is 3.32. The number of nitrogens with zero attached hydrogens (tertiary/aromatic N) is 1. The summed E-state index contributed by atoms with van der Waals surface area (Å²) in [5, 5.41) is 4.76. The van der Waals surface area contributed by atoms with Crippen LogP contribution in [0.2, 0.25) is 10.0 Å². The number of nitrogens with one attached hydrogen (secondary N) is 1. The van der Waals surface area contributed by atoms with Crippen LogP contribution in [0.1, 0.15) is 15.9 Å². The number of halogens is 2. The van der Waals surface area contributed by atoms with Gasteiger partial charge >= 0.3 is 0 Å². The van der Waals surface area contributed by atoms with E-state index in [0.717, 1.165) is 0 Å². The number of carbonyl (C=O) groups is 1. The smallest absolute Gasteiger partial charge is 0.271 e. The predicted octanol–water partition coefficient (Wildman–Crippen LogP) is 3.77. The third-order valence-electron chi connectivity index (χ3n) is 3.01. The molecule has 0 heterocycles. The molecule has 23 heavy (non-hydrogen) atoms. The van der Waals surface area contributed by atoms with E-state index in [4.69, 9.17) is 32.7 Å². The molecular formula is C16H14Cl2N2O3. The van der Waals surface area contributed by atoms with Crippen LogP contribution >= 0.6 is 23.2 Å². The molecule has 0 saturated heterocycles. The maximum atomic E-state index is 12.1. The maximum absolute atomic E-state index is 12.1. The quantitative estimate of drug-likeness (QED) is 0.658. The molecule has 120 valence electrons. The third kappa shape index (κ3) is 4.15. The Morgan fingerprint density at radius 2 is 1.74 bits per heavy atom. The van der Waals surface area contributed by atoms with Crippen LogP contribution in [0.5, 0.6) is 11.5 Å². The average molecular weight is 353 g/mol. The average Bonchev–Trinajstić information content (AvgIpc) is 2.56. The molecule has 0 fully saturated rings. The van der Waals surface area contributed by atoms with Gasteiger partial charge in [-0.2, -0.15) is 5.10 Å². The molecule has 0 atom stereocenters. The van der Waals surface area contributed by atoms with Crippen LogP contribution in [0.3, 0.4) is 0 Å². The minimum Gasteiger partial charge on any atom is -0.493 e. The Labute approximate surface area is 143 Å². The summed E-state index contributed by atoms with van der Waals surface area (Å²) in [6, 6.07) is 9.91. The van der Waals surface area contributed by atoms with Crippen LogP contribution in [-0.2, 0) is 0 Å². The number of carbonyl (C=O) groups excluding carboxylic acids is 1. The number of benzene rings is 2. The molecule has 2 aromatic carbocycles. The Morgan fingerprint density at radius 1 is 1.09 bits per heavy atom. The van der Waals surface area contributed by atoms with Gasteiger partial charge in [0.15, 0.2) is 11.5 Å². The lowest BCUT2D eigenvalue weighted by atomic mass is 10.2. The first kappa shape index (κ1) is 17.1. The standard InChI is InChI=1S/C16H14Cl2N2O3/c1-22-14-7-6-10(8-15(14)23-2)16(21)20-19-9-11-12(17)4-3-5-13(11)18/h3-9H,1-2H3,(H,20,21). The van der Waals surface area contributed by atoms with Gasteiger partial charge < -0.3 is 9.47 Å². The van der Waals surface area contributed by atoms with E-state index >= 15 is 0 Å². The third-order valence-corrected chi connectivity index (χ3v) is 3.66. The highest BCUT2D eigenvalue weighted by Gasteiger charge is 2.10. The Morgan fingerprint density at radius 3 is 2.35 bits per heavy atom. The number of amides is 1. The minimum absolute atomic E-state index is 0.380. The maximum Gasteiger partial charge on any atom is 0.271 e. The van der Waals surface area contributed by atoms with Gasteiger partial charge in [0.25, 0.3) is 5.91 Å². The van der Waals surface area contributed by atoms with Gasteiger partial charge in [-0.1, -0.05) is 29.3 Å². The van der Waals surface area contributed by atoms with Crippen molar-refractivity contribution in [3.05, 3.63) is 57.6 Å². The molecule has 0 saturated carbocycles. The van der Waals surface area contributed by atoms with Crippen LogP contribution in [0.25, 0.3) is 0 Å². The molecule has 0 spiro atoms. The Bertz CT molecular complexity index is 728. The van der Waals surface area contributed by atoms with Crippen molar-refractivity contribution in [2.75, 3.05) is 14.2 Å². The first-order valence-electron chi connectivity index (χ1n) is 6.56. The number of ether oxygens (including phenoxy) is 2. The van der Waals surface area contributed by atoms with Crippen molar-refractivity contribution in [2.24, 2.45) is 5.10 Å². The second-order valence-corrected chi connectivity index (χ2v) is 5.22. The highest BCUT2D eigenvalue weighted by atomic mass is 35.5. The van der Waals surface area contributed by atoms with Crippen LogP contribution in [0.4, 0.5) is 0 Å². The van der Waals surface area contributed by atoms with Crippen LogP contribution in [0, 0.1) is 0 Å². The second-order valence-electron chi connectivity index (χ2n) is 4.40. The largest absolute Gasteiger partial charge is 0.493 e. The van der Waals surface area contributed by atoms with E-state index in [1.165, 1.54) is 20.4 Å². The molecule has 1 amide bonds. The van der Waals surface area contributed by atoms with Gasteiger partial charge in [-0.15, -0.1) is 0 Å². The van der Waals surface area contributed by atoms with E-state index in [2.05, 4.69) is 10.5 Å². The lowest BCUT2D eigenvalue weighted by molar-refractivity contribution is 0.0954. The molecule has 0 aromatic heterocycles. The van der Waals surface area contributed by atoms with Crippen molar-refractivity contribution in [2.45, 2.75) is 0 Å². The van der Waals surface area contributed by atoms with E-state index in [1.807, 2.05) is 0 Å².